The van der Waals surface area contributed by atoms with Crippen molar-refractivity contribution in [2.45, 2.75) is 31.6 Å². The predicted molar refractivity (Wildman–Crippen MR) is 65.1 cm³/mol. The Morgan fingerprint density at radius 1 is 1.67 bits per heavy atom. The molecule has 0 aromatic carbocycles. The number of halogens is 1. The molecule has 0 amide bonds. The van der Waals surface area contributed by atoms with Gasteiger partial charge in [-0.2, -0.15) is 0 Å². The molecule has 1 aromatic heterocycles. The van der Waals surface area contributed by atoms with Crippen molar-refractivity contribution in [3.63, 3.8) is 0 Å². The van der Waals surface area contributed by atoms with E-state index in [-0.39, 0.29) is 0 Å². The third-order valence-corrected chi connectivity index (χ3v) is 4.26. The summed E-state index contributed by atoms with van der Waals surface area (Å²) in [5.74, 6) is 1.99. The lowest BCUT2D eigenvalue weighted by Gasteiger charge is -2.08. The van der Waals surface area contributed by atoms with E-state index in [0.29, 0.717) is 5.41 Å². The molecule has 1 aromatic rings. The van der Waals surface area contributed by atoms with E-state index < -0.39 is 0 Å². The lowest BCUT2D eigenvalue weighted by atomic mass is 9.95. The van der Waals surface area contributed by atoms with Crippen molar-refractivity contribution < 1.29 is 0 Å². The highest BCUT2D eigenvalue weighted by atomic mass is 79.9. The summed E-state index contributed by atoms with van der Waals surface area (Å²) in [5.41, 5.74) is 1.87. The number of nitrogens with zero attached hydrogens (tertiary/aromatic N) is 1. The van der Waals surface area contributed by atoms with E-state index >= 15 is 0 Å². The van der Waals surface area contributed by atoms with Crippen molar-refractivity contribution in [2.24, 2.45) is 5.92 Å². The fraction of sp³-hybridized carbons (Fsp3) is 0.583. The molecule has 2 atom stereocenters. The second kappa shape index (κ2) is 3.21. The molecule has 3 heteroatoms. The number of nitrogens with one attached hydrogen (secondary N) is 1. The minimum absolute atomic E-state index is 0.433. The average molecular weight is 267 g/mol. The van der Waals surface area contributed by atoms with Crippen molar-refractivity contribution >= 4 is 21.7 Å². The zero-order chi connectivity index (χ0) is 10.5. The van der Waals surface area contributed by atoms with Gasteiger partial charge in [0, 0.05) is 28.2 Å². The van der Waals surface area contributed by atoms with Gasteiger partial charge in [-0.05, 0) is 40.8 Å². The maximum atomic E-state index is 4.43. The number of hydrogen-bond donors (Lipinski definition) is 1. The van der Waals surface area contributed by atoms with E-state index in [2.05, 4.69) is 39.2 Å². The van der Waals surface area contributed by atoms with Crippen LogP contribution >= 0.6 is 15.9 Å². The SMILES string of the molecule is CCC[C@@H]1C[C@@]12CNc1ncc(Br)cc12. The number of fused-ring (bicyclic) bond motifs is 2. The van der Waals surface area contributed by atoms with Crippen molar-refractivity contribution in [3.8, 4) is 0 Å². The molecule has 2 nitrogen and oxygen atoms in total. The van der Waals surface area contributed by atoms with Gasteiger partial charge in [0.15, 0.2) is 0 Å². The van der Waals surface area contributed by atoms with Gasteiger partial charge in [-0.1, -0.05) is 13.3 Å². The first-order valence-corrected chi connectivity index (χ1v) is 6.45. The van der Waals surface area contributed by atoms with Gasteiger partial charge in [0.25, 0.3) is 0 Å². The van der Waals surface area contributed by atoms with Crippen LogP contribution in [0.3, 0.4) is 0 Å². The Hall–Kier alpha value is -0.570. The number of rotatable bonds is 2. The molecule has 1 saturated carbocycles. The summed E-state index contributed by atoms with van der Waals surface area (Å²) in [6.45, 7) is 3.37. The first-order valence-electron chi connectivity index (χ1n) is 5.66. The van der Waals surface area contributed by atoms with Crippen LogP contribution in [0.1, 0.15) is 31.7 Å². The minimum Gasteiger partial charge on any atom is -0.369 e. The van der Waals surface area contributed by atoms with Gasteiger partial charge in [0.05, 0.1) is 0 Å². The summed E-state index contributed by atoms with van der Waals surface area (Å²) >= 11 is 3.51. The lowest BCUT2D eigenvalue weighted by molar-refractivity contribution is 0.601. The zero-order valence-corrected chi connectivity index (χ0v) is 10.5. The molecular weight excluding hydrogens is 252 g/mol. The minimum atomic E-state index is 0.433. The largest absolute Gasteiger partial charge is 0.369 e. The van der Waals surface area contributed by atoms with Gasteiger partial charge in [0.1, 0.15) is 5.82 Å². The normalized spacial score (nSPS) is 31.5. The lowest BCUT2D eigenvalue weighted by Crippen LogP contribution is -2.12. The fourth-order valence-corrected chi connectivity index (χ4v) is 3.28. The summed E-state index contributed by atoms with van der Waals surface area (Å²) in [6.07, 6.45) is 5.87. The molecule has 0 saturated heterocycles. The Morgan fingerprint density at radius 3 is 3.33 bits per heavy atom. The van der Waals surface area contributed by atoms with E-state index in [1.54, 1.807) is 0 Å². The second-order valence-electron chi connectivity index (χ2n) is 4.75. The topological polar surface area (TPSA) is 24.9 Å². The Labute approximate surface area is 98.6 Å². The fourth-order valence-electron chi connectivity index (χ4n) is 2.95. The molecule has 1 N–H and O–H groups in total. The molecule has 1 aliphatic carbocycles. The summed E-state index contributed by atoms with van der Waals surface area (Å²) in [7, 11) is 0. The third-order valence-electron chi connectivity index (χ3n) is 3.83. The maximum Gasteiger partial charge on any atom is 0.129 e. The highest BCUT2D eigenvalue weighted by Gasteiger charge is 2.58. The van der Waals surface area contributed by atoms with Crippen LogP contribution in [0.4, 0.5) is 5.82 Å². The van der Waals surface area contributed by atoms with Gasteiger partial charge in [-0.15, -0.1) is 0 Å². The Morgan fingerprint density at radius 2 is 2.53 bits per heavy atom. The van der Waals surface area contributed by atoms with Gasteiger partial charge in [-0.3, -0.25) is 0 Å². The molecule has 3 rings (SSSR count). The molecule has 1 spiro atoms. The maximum absolute atomic E-state index is 4.43. The molecular formula is C12H15BrN2. The van der Waals surface area contributed by atoms with Crippen LogP contribution in [0.15, 0.2) is 16.7 Å². The second-order valence-corrected chi connectivity index (χ2v) is 5.66. The van der Waals surface area contributed by atoms with Crippen LogP contribution in [0, 0.1) is 5.92 Å². The van der Waals surface area contributed by atoms with E-state index in [1.165, 1.54) is 24.8 Å². The Bertz CT molecular complexity index is 405. The molecule has 1 aliphatic heterocycles. The molecule has 0 unspecified atom stereocenters. The van der Waals surface area contributed by atoms with Crippen LogP contribution in [0.5, 0.6) is 0 Å². The molecule has 0 bridgehead atoms. The van der Waals surface area contributed by atoms with Crippen molar-refractivity contribution in [1.29, 1.82) is 0 Å². The first-order chi connectivity index (χ1) is 7.26. The predicted octanol–water partition coefficient (Wildman–Crippen LogP) is 3.33. The van der Waals surface area contributed by atoms with Crippen molar-refractivity contribution in [2.75, 3.05) is 11.9 Å². The number of hydrogen-bond acceptors (Lipinski definition) is 2. The van der Waals surface area contributed by atoms with E-state index in [4.69, 9.17) is 0 Å². The summed E-state index contributed by atoms with van der Waals surface area (Å²) in [4.78, 5) is 4.43. The van der Waals surface area contributed by atoms with Crippen LogP contribution in [-0.2, 0) is 5.41 Å². The van der Waals surface area contributed by atoms with Gasteiger partial charge < -0.3 is 5.32 Å². The van der Waals surface area contributed by atoms with Gasteiger partial charge >= 0.3 is 0 Å². The van der Waals surface area contributed by atoms with Gasteiger partial charge in [0.2, 0.25) is 0 Å². The monoisotopic (exact) mass is 266 g/mol. The van der Waals surface area contributed by atoms with Crippen LogP contribution in [0.2, 0.25) is 0 Å². The van der Waals surface area contributed by atoms with Crippen LogP contribution < -0.4 is 5.32 Å². The van der Waals surface area contributed by atoms with E-state index in [0.717, 1.165) is 22.8 Å². The molecule has 1 fully saturated rings. The Kier molecular flexibility index (Phi) is 2.06. The van der Waals surface area contributed by atoms with Crippen LogP contribution in [-0.4, -0.2) is 11.5 Å². The standard InChI is InChI=1S/C12H15BrN2/c1-2-3-8-5-12(8)7-15-11-10(12)4-9(13)6-14-11/h4,6,8H,2-3,5,7H2,1H3,(H,14,15)/t8-,12-/m1/s1. The van der Waals surface area contributed by atoms with Crippen molar-refractivity contribution in [1.82, 2.24) is 4.98 Å². The number of anilines is 1. The molecule has 2 aliphatic rings. The average Bonchev–Trinajstić information content (AvgIpc) is 2.79. The smallest absolute Gasteiger partial charge is 0.129 e. The van der Waals surface area contributed by atoms with Crippen LogP contribution in [0.25, 0.3) is 0 Å². The number of pyridine rings is 1. The molecule has 0 radical (unpaired) electrons. The van der Waals surface area contributed by atoms with E-state index in [9.17, 15) is 0 Å². The van der Waals surface area contributed by atoms with E-state index in [1.807, 2.05) is 6.20 Å². The zero-order valence-electron chi connectivity index (χ0n) is 8.89. The Balaban J connectivity index is 1.95. The first kappa shape index (κ1) is 9.64. The highest BCUT2D eigenvalue weighted by molar-refractivity contribution is 9.10. The van der Waals surface area contributed by atoms with Gasteiger partial charge in [-0.25, -0.2) is 4.98 Å². The third kappa shape index (κ3) is 1.32. The summed E-state index contributed by atoms with van der Waals surface area (Å²) in [6, 6.07) is 2.25. The molecule has 2 heterocycles. The van der Waals surface area contributed by atoms with Crippen molar-refractivity contribution in [3.05, 3.63) is 22.3 Å². The molecule has 80 valence electrons. The summed E-state index contributed by atoms with van der Waals surface area (Å²) in [5, 5.41) is 3.44. The highest BCUT2D eigenvalue weighted by Crippen LogP contribution is 2.60. The summed E-state index contributed by atoms with van der Waals surface area (Å²) < 4.78 is 1.10. The molecule has 15 heavy (non-hydrogen) atoms. The number of aromatic nitrogens is 1. The quantitative estimate of drug-likeness (QED) is 0.889.